The summed E-state index contributed by atoms with van der Waals surface area (Å²) in [7, 11) is 0. The number of hydrogen-bond acceptors (Lipinski definition) is 4. The Balaban J connectivity index is 1.61. The summed E-state index contributed by atoms with van der Waals surface area (Å²) in [6.07, 6.45) is 1.52. The number of benzene rings is 2. The summed E-state index contributed by atoms with van der Waals surface area (Å²) in [6.45, 7) is 0.318. The lowest BCUT2D eigenvalue weighted by molar-refractivity contribution is -0.126. The third-order valence-electron chi connectivity index (χ3n) is 3.95. The number of phenols is 1. The number of carbonyl (C=O) groups excluding carboxylic acids is 2. The molecule has 0 saturated carbocycles. The summed E-state index contributed by atoms with van der Waals surface area (Å²) < 4.78 is 0.927. The van der Waals surface area contributed by atoms with Crippen molar-refractivity contribution in [3.05, 3.63) is 58.6 Å². The van der Waals surface area contributed by atoms with Gasteiger partial charge in [0, 0.05) is 28.7 Å². The molecule has 3 rings (SSSR count). The summed E-state index contributed by atoms with van der Waals surface area (Å²) in [5.41, 5.74) is 3.70. The number of anilines is 1. The molecule has 1 fully saturated rings. The third kappa shape index (κ3) is 4.06. The largest absolute Gasteiger partial charge is 0.507 e. The lowest BCUT2D eigenvalue weighted by Crippen LogP contribution is -2.30. The van der Waals surface area contributed by atoms with E-state index in [9.17, 15) is 14.7 Å². The predicted octanol–water partition coefficient (Wildman–Crippen LogP) is 2.66. The van der Waals surface area contributed by atoms with Gasteiger partial charge in [-0.3, -0.25) is 9.59 Å². The molecule has 25 heavy (non-hydrogen) atoms. The maximum atomic E-state index is 12.2. The number of amides is 2. The van der Waals surface area contributed by atoms with Crippen molar-refractivity contribution >= 4 is 39.6 Å². The van der Waals surface area contributed by atoms with Crippen molar-refractivity contribution in [2.75, 3.05) is 11.4 Å². The highest BCUT2D eigenvalue weighted by atomic mass is 79.9. The highest BCUT2D eigenvalue weighted by molar-refractivity contribution is 9.10. The maximum absolute atomic E-state index is 12.2. The molecular weight excluding hydrogens is 386 g/mol. The van der Waals surface area contributed by atoms with Crippen molar-refractivity contribution < 1.29 is 14.7 Å². The van der Waals surface area contributed by atoms with Gasteiger partial charge in [-0.15, -0.1) is 0 Å². The molecule has 0 radical (unpaired) electrons. The smallest absolute Gasteiger partial charge is 0.245 e. The standard InChI is InChI=1S/C18H16BrN3O3/c19-14-5-7-15(8-6-14)22-11-13(9-17(22)24)18(25)21-20-10-12-3-1-2-4-16(12)23/h1-8,10,13,23H,9,11H2,(H,21,25)/b20-10-/t13-/m1/s1. The van der Waals surface area contributed by atoms with E-state index in [2.05, 4.69) is 26.5 Å². The van der Waals surface area contributed by atoms with Gasteiger partial charge < -0.3 is 10.0 Å². The molecule has 1 aliphatic rings. The molecule has 1 saturated heterocycles. The number of nitrogens with zero attached hydrogens (tertiary/aromatic N) is 2. The number of hydrogen-bond donors (Lipinski definition) is 2. The average molecular weight is 402 g/mol. The van der Waals surface area contributed by atoms with E-state index in [1.165, 1.54) is 12.3 Å². The van der Waals surface area contributed by atoms with Crippen molar-refractivity contribution in [1.82, 2.24) is 5.43 Å². The topological polar surface area (TPSA) is 82.0 Å². The van der Waals surface area contributed by atoms with Crippen molar-refractivity contribution in [3.8, 4) is 5.75 Å². The van der Waals surface area contributed by atoms with Gasteiger partial charge in [-0.1, -0.05) is 28.1 Å². The van der Waals surface area contributed by atoms with Crippen LogP contribution in [0.2, 0.25) is 0 Å². The van der Waals surface area contributed by atoms with Crippen LogP contribution in [0.5, 0.6) is 5.75 Å². The van der Waals surface area contributed by atoms with E-state index in [1.807, 2.05) is 24.3 Å². The molecule has 1 atom stereocenters. The Labute approximate surface area is 153 Å². The minimum Gasteiger partial charge on any atom is -0.507 e. The molecule has 128 valence electrons. The van der Waals surface area contributed by atoms with Gasteiger partial charge in [-0.2, -0.15) is 5.10 Å². The van der Waals surface area contributed by atoms with Crippen LogP contribution in [-0.2, 0) is 9.59 Å². The normalized spacial score (nSPS) is 17.2. The summed E-state index contributed by atoms with van der Waals surface area (Å²) in [4.78, 5) is 26.0. The number of rotatable bonds is 4. The van der Waals surface area contributed by atoms with Gasteiger partial charge in [0.15, 0.2) is 0 Å². The molecule has 2 aromatic rings. The minimum absolute atomic E-state index is 0.0814. The number of phenolic OH excluding ortho intramolecular Hbond substituents is 1. The number of halogens is 1. The van der Waals surface area contributed by atoms with E-state index in [-0.39, 0.29) is 24.0 Å². The van der Waals surface area contributed by atoms with E-state index in [0.29, 0.717) is 12.1 Å². The second-order valence-corrected chi connectivity index (χ2v) is 6.59. The number of nitrogens with one attached hydrogen (secondary N) is 1. The summed E-state index contributed by atoms with van der Waals surface area (Å²) in [6, 6.07) is 14.0. The van der Waals surface area contributed by atoms with Crippen LogP contribution in [0.1, 0.15) is 12.0 Å². The van der Waals surface area contributed by atoms with Gasteiger partial charge in [-0.05, 0) is 36.4 Å². The number of carbonyl (C=O) groups is 2. The second kappa shape index (κ2) is 7.48. The zero-order valence-electron chi connectivity index (χ0n) is 13.2. The molecule has 2 amide bonds. The van der Waals surface area contributed by atoms with Crippen LogP contribution < -0.4 is 10.3 Å². The molecular formula is C18H16BrN3O3. The zero-order valence-corrected chi connectivity index (χ0v) is 14.8. The molecule has 0 spiro atoms. The number of para-hydroxylation sites is 1. The molecule has 0 aromatic heterocycles. The van der Waals surface area contributed by atoms with E-state index < -0.39 is 5.92 Å². The highest BCUT2D eigenvalue weighted by Gasteiger charge is 2.35. The highest BCUT2D eigenvalue weighted by Crippen LogP contribution is 2.26. The van der Waals surface area contributed by atoms with Crippen molar-refractivity contribution in [3.63, 3.8) is 0 Å². The first kappa shape index (κ1) is 17.2. The van der Waals surface area contributed by atoms with E-state index in [0.717, 1.165) is 10.2 Å². The van der Waals surface area contributed by atoms with Crippen LogP contribution in [0.4, 0.5) is 5.69 Å². The second-order valence-electron chi connectivity index (χ2n) is 5.67. The van der Waals surface area contributed by atoms with Gasteiger partial charge in [0.05, 0.1) is 12.1 Å². The van der Waals surface area contributed by atoms with Crippen LogP contribution in [0.15, 0.2) is 58.1 Å². The molecule has 1 aliphatic heterocycles. The molecule has 0 aliphatic carbocycles. The molecule has 0 unspecified atom stereocenters. The first-order valence-electron chi connectivity index (χ1n) is 7.71. The van der Waals surface area contributed by atoms with E-state index >= 15 is 0 Å². The minimum atomic E-state index is -0.460. The number of aromatic hydroxyl groups is 1. The molecule has 1 heterocycles. The molecule has 2 N–H and O–H groups in total. The lowest BCUT2D eigenvalue weighted by atomic mass is 10.1. The summed E-state index contributed by atoms with van der Waals surface area (Å²) in [5, 5.41) is 13.5. The summed E-state index contributed by atoms with van der Waals surface area (Å²) >= 11 is 3.36. The van der Waals surface area contributed by atoms with Crippen LogP contribution in [-0.4, -0.2) is 29.7 Å². The van der Waals surface area contributed by atoms with Crippen LogP contribution in [0.3, 0.4) is 0 Å². The van der Waals surface area contributed by atoms with Gasteiger partial charge in [-0.25, -0.2) is 5.43 Å². The fraction of sp³-hybridized carbons (Fsp3) is 0.167. The quantitative estimate of drug-likeness (QED) is 0.610. The molecule has 7 heteroatoms. The fourth-order valence-electron chi connectivity index (χ4n) is 2.61. The average Bonchev–Trinajstić information content (AvgIpc) is 2.99. The predicted molar refractivity (Wildman–Crippen MR) is 98.4 cm³/mol. The number of hydrazone groups is 1. The van der Waals surface area contributed by atoms with E-state index in [4.69, 9.17) is 0 Å². The van der Waals surface area contributed by atoms with Gasteiger partial charge in [0.1, 0.15) is 5.75 Å². The van der Waals surface area contributed by atoms with Crippen molar-refractivity contribution in [2.45, 2.75) is 6.42 Å². The summed E-state index contributed by atoms with van der Waals surface area (Å²) in [5.74, 6) is -0.789. The van der Waals surface area contributed by atoms with Gasteiger partial charge >= 0.3 is 0 Å². The van der Waals surface area contributed by atoms with E-state index in [1.54, 1.807) is 23.1 Å². The zero-order chi connectivity index (χ0) is 17.8. The van der Waals surface area contributed by atoms with Crippen LogP contribution in [0.25, 0.3) is 0 Å². The SMILES string of the molecule is O=C(N/N=C\c1ccccc1O)[C@@H]1CC(=O)N(c2ccc(Br)cc2)C1. The Kier molecular flexibility index (Phi) is 5.14. The first-order valence-corrected chi connectivity index (χ1v) is 8.51. The Morgan fingerprint density at radius 2 is 1.96 bits per heavy atom. The molecule has 6 nitrogen and oxygen atoms in total. The third-order valence-corrected chi connectivity index (χ3v) is 4.48. The van der Waals surface area contributed by atoms with Crippen molar-refractivity contribution in [2.24, 2.45) is 11.0 Å². The van der Waals surface area contributed by atoms with Crippen LogP contribution >= 0.6 is 15.9 Å². The lowest BCUT2D eigenvalue weighted by Gasteiger charge is -2.16. The Morgan fingerprint density at radius 3 is 2.68 bits per heavy atom. The van der Waals surface area contributed by atoms with Gasteiger partial charge in [0.25, 0.3) is 0 Å². The molecule has 0 bridgehead atoms. The van der Waals surface area contributed by atoms with Crippen LogP contribution in [0, 0.1) is 5.92 Å². The van der Waals surface area contributed by atoms with Crippen molar-refractivity contribution in [1.29, 1.82) is 0 Å². The van der Waals surface area contributed by atoms with Gasteiger partial charge in [0.2, 0.25) is 11.8 Å². The monoisotopic (exact) mass is 401 g/mol. The fourth-order valence-corrected chi connectivity index (χ4v) is 2.87. The Bertz CT molecular complexity index is 821. The first-order chi connectivity index (χ1) is 12.0. The Morgan fingerprint density at radius 1 is 1.24 bits per heavy atom. The molecule has 2 aromatic carbocycles. The Hall–Kier alpha value is -2.67. The maximum Gasteiger partial charge on any atom is 0.245 e.